The summed E-state index contributed by atoms with van der Waals surface area (Å²) in [6, 6.07) is 9.99. The molecule has 5 nitrogen and oxygen atoms in total. The van der Waals surface area contributed by atoms with Crippen molar-refractivity contribution in [3.8, 4) is 16.9 Å². The summed E-state index contributed by atoms with van der Waals surface area (Å²) in [6.07, 6.45) is 3.96. The molecule has 0 unspecified atom stereocenters. The summed E-state index contributed by atoms with van der Waals surface area (Å²) in [4.78, 5) is 12.3. The molecule has 3 rings (SSSR count). The second kappa shape index (κ2) is 10.1. The number of halogens is 1. The van der Waals surface area contributed by atoms with Gasteiger partial charge in [0.05, 0.1) is 13.4 Å². The van der Waals surface area contributed by atoms with E-state index in [4.69, 9.17) is 13.9 Å². The standard InChI is InChI=1S/C24H26FNO4/c1-4-29-11-5-10-26-24(27)12-16(2)19-13-20-21(17-6-8-18(25)9-7-17)15-30-23(20)14-22(19)28-3/h6-9,12-15H,4-5,10-11H2,1-3H3,(H,26,27)/b16-12+. The fourth-order valence-corrected chi connectivity index (χ4v) is 3.24. The highest BCUT2D eigenvalue weighted by Crippen LogP contribution is 2.37. The Morgan fingerprint density at radius 3 is 2.70 bits per heavy atom. The number of nitrogens with one attached hydrogen (secondary N) is 1. The number of hydrogen-bond donors (Lipinski definition) is 1. The molecule has 1 amide bonds. The van der Waals surface area contributed by atoms with Gasteiger partial charge in [0.2, 0.25) is 5.91 Å². The lowest BCUT2D eigenvalue weighted by Gasteiger charge is -2.10. The first-order valence-electron chi connectivity index (χ1n) is 9.93. The molecule has 1 N–H and O–H groups in total. The van der Waals surface area contributed by atoms with Crippen molar-refractivity contribution in [2.45, 2.75) is 20.3 Å². The number of carbonyl (C=O) groups excluding carboxylic acids is 1. The Morgan fingerprint density at radius 2 is 2.00 bits per heavy atom. The molecule has 0 aliphatic heterocycles. The highest BCUT2D eigenvalue weighted by Gasteiger charge is 2.15. The zero-order chi connectivity index (χ0) is 21.5. The van der Waals surface area contributed by atoms with Gasteiger partial charge in [-0.3, -0.25) is 4.79 Å². The van der Waals surface area contributed by atoms with E-state index in [1.165, 1.54) is 12.1 Å². The van der Waals surface area contributed by atoms with E-state index in [0.717, 1.165) is 34.1 Å². The summed E-state index contributed by atoms with van der Waals surface area (Å²) in [5, 5.41) is 3.73. The lowest BCUT2D eigenvalue weighted by atomic mass is 9.99. The number of furan rings is 1. The molecule has 0 saturated carbocycles. The minimum atomic E-state index is -0.292. The molecule has 0 aliphatic carbocycles. The van der Waals surface area contributed by atoms with Gasteiger partial charge in [0.15, 0.2) is 0 Å². The largest absolute Gasteiger partial charge is 0.496 e. The molecule has 0 spiro atoms. The van der Waals surface area contributed by atoms with E-state index in [-0.39, 0.29) is 11.7 Å². The van der Waals surface area contributed by atoms with Gasteiger partial charge in [0, 0.05) is 48.4 Å². The number of rotatable bonds is 9. The molecule has 1 aromatic heterocycles. The number of benzene rings is 2. The molecular weight excluding hydrogens is 385 g/mol. The van der Waals surface area contributed by atoms with Crippen LogP contribution in [0.25, 0.3) is 27.7 Å². The van der Waals surface area contributed by atoms with Crippen molar-refractivity contribution >= 4 is 22.4 Å². The predicted molar refractivity (Wildman–Crippen MR) is 116 cm³/mol. The van der Waals surface area contributed by atoms with Crippen LogP contribution in [0.1, 0.15) is 25.8 Å². The number of allylic oxidation sites excluding steroid dienone is 1. The van der Waals surface area contributed by atoms with Gasteiger partial charge in [-0.1, -0.05) is 12.1 Å². The molecule has 6 heteroatoms. The maximum absolute atomic E-state index is 13.3. The van der Waals surface area contributed by atoms with Crippen molar-refractivity contribution < 1.29 is 23.1 Å². The molecule has 0 saturated heterocycles. The van der Waals surface area contributed by atoms with Crippen LogP contribution < -0.4 is 10.1 Å². The molecule has 2 aromatic carbocycles. The quantitative estimate of drug-likeness (QED) is 0.389. The summed E-state index contributed by atoms with van der Waals surface area (Å²) in [7, 11) is 1.58. The van der Waals surface area contributed by atoms with Gasteiger partial charge in [-0.05, 0) is 49.6 Å². The third-order valence-electron chi connectivity index (χ3n) is 4.79. The van der Waals surface area contributed by atoms with E-state index in [0.29, 0.717) is 31.1 Å². The fraction of sp³-hybridized carbons (Fsp3) is 0.292. The Balaban J connectivity index is 1.87. The van der Waals surface area contributed by atoms with Gasteiger partial charge in [-0.2, -0.15) is 0 Å². The zero-order valence-corrected chi connectivity index (χ0v) is 17.5. The summed E-state index contributed by atoms with van der Waals surface area (Å²) >= 11 is 0. The molecule has 0 radical (unpaired) electrons. The van der Waals surface area contributed by atoms with Crippen molar-refractivity contribution in [2.24, 2.45) is 0 Å². The minimum Gasteiger partial charge on any atom is -0.496 e. The molecule has 0 atom stereocenters. The van der Waals surface area contributed by atoms with Crippen LogP contribution in [0, 0.1) is 5.82 Å². The summed E-state index contributed by atoms with van der Waals surface area (Å²) in [5.74, 6) is 0.150. The smallest absolute Gasteiger partial charge is 0.244 e. The van der Waals surface area contributed by atoms with E-state index < -0.39 is 0 Å². The summed E-state index contributed by atoms with van der Waals surface area (Å²) < 4.78 is 29.8. The van der Waals surface area contributed by atoms with Gasteiger partial charge in [0.1, 0.15) is 17.1 Å². The van der Waals surface area contributed by atoms with Crippen LogP contribution in [0.5, 0.6) is 5.75 Å². The van der Waals surface area contributed by atoms with Crippen LogP contribution in [0.15, 0.2) is 53.2 Å². The second-order valence-electron chi connectivity index (χ2n) is 6.87. The third kappa shape index (κ3) is 5.07. The maximum Gasteiger partial charge on any atom is 0.244 e. The zero-order valence-electron chi connectivity index (χ0n) is 17.5. The number of fused-ring (bicyclic) bond motifs is 1. The number of amides is 1. The first kappa shape index (κ1) is 21.6. The Kier molecular flexibility index (Phi) is 7.25. The van der Waals surface area contributed by atoms with Crippen molar-refractivity contribution in [2.75, 3.05) is 26.9 Å². The van der Waals surface area contributed by atoms with Crippen molar-refractivity contribution in [1.82, 2.24) is 5.32 Å². The highest BCUT2D eigenvalue weighted by molar-refractivity contribution is 6.00. The Bertz CT molecular complexity index is 1040. The monoisotopic (exact) mass is 411 g/mol. The molecule has 0 bridgehead atoms. The molecule has 0 aliphatic rings. The van der Waals surface area contributed by atoms with Gasteiger partial charge >= 0.3 is 0 Å². The van der Waals surface area contributed by atoms with E-state index >= 15 is 0 Å². The fourth-order valence-electron chi connectivity index (χ4n) is 3.24. The van der Waals surface area contributed by atoms with Crippen molar-refractivity contribution in [3.05, 3.63) is 60.1 Å². The van der Waals surface area contributed by atoms with Crippen LogP contribution in [0.3, 0.4) is 0 Å². The second-order valence-corrected chi connectivity index (χ2v) is 6.87. The molecule has 3 aromatic rings. The lowest BCUT2D eigenvalue weighted by Crippen LogP contribution is -2.23. The lowest BCUT2D eigenvalue weighted by molar-refractivity contribution is -0.116. The Hall–Kier alpha value is -3.12. The van der Waals surface area contributed by atoms with E-state index in [1.807, 2.05) is 19.9 Å². The van der Waals surface area contributed by atoms with Crippen LogP contribution in [0.4, 0.5) is 4.39 Å². The topological polar surface area (TPSA) is 60.7 Å². The predicted octanol–water partition coefficient (Wildman–Crippen LogP) is 5.19. The van der Waals surface area contributed by atoms with Crippen LogP contribution >= 0.6 is 0 Å². The number of carbonyl (C=O) groups is 1. The highest BCUT2D eigenvalue weighted by atomic mass is 19.1. The first-order chi connectivity index (χ1) is 14.5. The van der Waals surface area contributed by atoms with Gasteiger partial charge in [-0.25, -0.2) is 4.39 Å². The SMILES string of the molecule is CCOCCCNC(=O)/C=C(\C)c1cc2c(-c3ccc(F)cc3)coc2cc1OC. The van der Waals surface area contributed by atoms with E-state index in [9.17, 15) is 9.18 Å². The van der Waals surface area contributed by atoms with Crippen LogP contribution in [-0.2, 0) is 9.53 Å². The molecule has 158 valence electrons. The van der Waals surface area contributed by atoms with Gasteiger partial charge in [-0.15, -0.1) is 0 Å². The minimum absolute atomic E-state index is 0.169. The van der Waals surface area contributed by atoms with Gasteiger partial charge < -0.3 is 19.2 Å². The van der Waals surface area contributed by atoms with Crippen molar-refractivity contribution in [3.63, 3.8) is 0 Å². The molecule has 0 fully saturated rings. The average Bonchev–Trinajstić information content (AvgIpc) is 3.16. The summed E-state index contributed by atoms with van der Waals surface area (Å²) in [6.45, 7) is 5.65. The van der Waals surface area contributed by atoms with Crippen molar-refractivity contribution in [1.29, 1.82) is 0 Å². The van der Waals surface area contributed by atoms with Crippen LogP contribution in [0.2, 0.25) is 0 Å². The average molecular weight is 411 g/mol. The Labute approximate surface area is 175 Å². The number of hydrogen-bond acceptors (Lipinski definition) is 4. The number of methoxy groups -OCH3 is 1. The normalized spacial score (nSPS) is 11.7. The van der Waals surface area contributed by atoms with E-state index in [1.54, 1.807) is 37.6 Å². The third-order valence-corrected chi connectivity index (χ3v) is 4.79. The Morgan fingerprint density at radius 1 is 1.23 bits per heavy atom. The molecular formula is C24H26FNO4. The maximum atomic E-state index is 13.3. The van der Waals surface area contributed by atoms with E-state index in [2.05, 4.69) is 5.32 Å². The molecule has 30 heavy (non-hydrogen) atoms. The molecule has 1 heterocycles. The number of ether oxygens (including phenoxy) is 2. The van der Waals surface area contributed by atoms with Crippen LogP contribution in [-0.4, -0.2) is 32.8 Å². The summed E-state index contributed by atoms with van der Waals surface area (Å²) in [5.41, 5.74) is 3.91. The van der Waals surface area contributed by atoms with Gasteiger partial charge in [0.25, 0.3) is 0 Å². The first-order valence-corrected chi connectivity index (χ1v) is 9.93.